The van der Waals surface area contributed by atoms with Crippen LogP contribution >= 0.6 is 0 Å². The molecule has 0 aromatic heterocycles. The third-order valence-corrected chi connectivity index (χ3v) is 6.15. The molecule has 1 unspecified atom stereocenters. The average Bonchev–Trinajstić information content (AvgIpc) is 3.13. The topological polar surface area (TPSA) is 38.8 Å². The van der Waals surface area contributed by atoms with Gasteiger partial charge in [0.15, 0.2) is 5.79 Å². The summed E-state index contributed by atoms with van der Waals surface area (Å²) in [4.78, 5) is 15.2. The van der Waals surface area contributed by atoms with E-state index < -0.39 is 0 Å². The lowest BCUT2D eigenvalue weighted by atomic mass is 9.82. The van der Waals surface area contributed by atoms with Crippen molar-refractivity contribution in [2.45, 2.75) is 63.2 Å². The molecule has 25 heavy (non-hydrogen) atoms. The van der Waals surface area contributed by atoms with Crippen LogP contribution in [0.15, 0.2) is 30.3 Å². The molecule has 2 saturated heterocycles. The standard InChI is InChI=1S/C21H29NO3/c23-20(16-17-9-11-21(12-10-17)24-14-15-25-21)22-13-5-4-8-19(22)18-6-2-1-3-7-18/h1-3,6-7,17,19H,4-5,8-16H2. The third kappa shape index (κ3) is 3.75. The van der Waals surface area contributed by atoms with Gasteiger partial charge in [-0.3, -0.25) is 4.79 Å². The lowest BCUT2D eigenvalue weighted by Gasteiger charge is -2.39. The first-order valence-corrected chi connectivity index (χ1v) is 9.88. The summed E-state index contributed by atoms with van der Waals surface area (Å²) in [5, 5.41) is 0. The summed E-state index contributed by atoms with van der Waals surface area (Å²) < 4.78 is 11.6. The maximum Gasteiger partial charge on any atom is 0.223 e. The Balaban J connectivity index is 1.36. The summed E-state index contributed by atoms with van der Waals surface area (Å²) in [5.74, 6) is 0.490. The molecule has 0 bridgehead atoms. The van der Waals surface area contributed by atoms with Gasteiger partial charge in [0.1, 0.15) is 0 Å². The third-order valence-electron chi connectivity index (χ3n) is 6.15. The predicted octanol–water partition coefficient (Wildman–Crippen LogP) is 4.06. The fraction of sp³-hybridized carbons (Fsp3) is 0.667. The van der Waals surface area contributed by atoms with Crippen molar-refractivity contribution in [1.29, 1.82) is 0 Å². The van der Waals surface area contributed by atoms with Gasteiger partial charge in [-0.2, -0.15) is 0 Å². The molecule has 0 radical (unpaired) electrons. The first kappa shape index (κ1) is 17.0. The predicted molar refractivity (Wildman–Crippen MR) is 96.0 cm³/mol. The zero-order valence-corrected chi connectivity index (χ0v) is 15.0. The Labute approximate surface area is 150 Å². The highest BCUT2D eigenvalue weighted by Crippen LogP contribution is 2.40. The summed E-state index contributed by atoms with van der Waals surface area (Å²) in [5.41, 5.74) is 1.28. The van der Waals surface area contributed by atoms with Gasteiger partial charge in [0.05, 0.1) is 19.3 Å². The van der Waals surface area contributed by atoms with Crippen molar-refractivity contribution in [1.82, 2.24) is 4.90 Å². The fourth-order valence-corrected chi connectivity index (χ4v) is 4.72. The van der Waals surface area contributed by atoms with Gasteiger partial charge in [0.25, 0.3) is 0 Å². The number of nitrogens with zero attached hydrogens (tertiary/aromatic N) is 1. The molecule has 0 N–H and O–H groups in total. The van der Waals surface area contributed by atoms with Gasteiger partial charge >= 0.3 is 0 Å². The summed E-state index contributed by atoms with van der Waals surface area (Å²) in [6, 6.07) is 10.8. The largest absolute Gasteiger partial charge is 0.348 e. The van der Waals surface area contributed by atoms with E-state index >= 15 is 0 Å². The number of likely N-dealkylation sites (tertiary alicyclic amines) is 1. The molecule has 1 saturated carbocycles. The molecule has 3 fully saturated rings. The number of rotatable bonds is 3. The fourth-order valence-electron chi connectivity index (χ4n) is 4.72. The van der Waals surface area contributed by atoms with Gasteiger partial charge in [-0.05, 0) is 43.6 Å². The zero-order valence-electron chi connectivity index (χ0n) is 15.0. The molecule has 4 nitrogen and oxygen atoms in total. The van der Waals surface area contributed by atoms with E-state index in [2.05, 4.69) is 29.2 Å². The van der Waals surface area contributed by atoms with Crippen molar-refractivity contribution < 1.29 is 14.3 Å². The van der Waals surface area contributed by atoms with Crippen LogP contribution in [0.3, 0.4) is 0 Å². The smallest absolute Gasteiger partial charge is 0.223 e. The van der Waals surface area contributed by atoms with Crippen molar-refractivity contribution >= 4 is 5.91 Å². The summed E-state index contributed by atoms with van der Waals surface area (Å²) in [6.45, 7) is 2.34. The molecule has 2 aliphatic heterocycles. The number of benzene rings is 1. The van der Waals surface area contributed by atoms with Crippen molar-refractivity contribution in [3.8, 4) is 0 Å². The first-order valence-electron chi connectivity index (χ1n) is 9.88. The molecule has 1 atom stereocenters. The molecule has 2 heterocycles. The lowest BCUT2D eigenvalue weighted by molar-refractivity contribution is -0.183. The Morgan fingerprint density at radius 2 is 1.76 bits per heavy atom. The maximum absolute atomic E-state index is 13.0. The van der Waals surface area contributed by atoms with Gasteiger partial charge in [0, 0.05) is 25.8 Å². The highest BCUT2D eigenvalue weighted by Gasteiger charge is 2.41. The highest BCUT2D eigenvalue weighted by molar-refractivity contribution is 5.77. The molecule has 1 amide bonds. The molecular formula is C21H29NO3. The summed E-state index contributed by atoms with van der Waals surface area (Å²) in [6.07, 6.45) is 8.06. The lowest BCUT2D eigenvalue weighted by Crippen LogP contribution is -2.41. The van der Waals surface area contributed by atoms with E-state index in [1.54, 1.807) is 0 Å². The molecule has 3 aliphatic rings. The van der Waals surface area contributed by atoms with Crippen molar-refractivity contribution in [2.75, 3.05) is 19.8 Å². The maximum atomic E-state index is 13.0. The molecule has 1 aromatic carbocycles. The molecular weight excluding hydrogens is 314 g/mol. The Kier molecular flexibility index (Phi) is 5.09. The van der Waals surface area contributed by atoms with Crippen LogP contribution in [0.25, 0.3) is 0 Å². The minimum Gasteiger partial charge on any atom is -0.348 e. The summed E-state index contributed by atoms with van der Waals surface area (Å²) in [7, 11) is 0. The molecule has 4 heteroatoms. The zero-order chi connectivity index (χ0) is 17.1. The summed E-state index contributed by atoms with van der Waals surface area (Å²) >= 11 is 0. The Hall–Kier alpha value is -1.39. The van der Waals surface area contributed by atoms with Gasteiger partial charge < -0.3 is 14.4 Å². The normalized spacial score (nSPS) is 26.9. The van der Waals surface area contributed by atoms with Crippen molar-refractivity contribution in [3.63, 3.8) is 0 Å². The second kappa shape index (κ2) is 7.46. The van der Waals surface area contributed by atoms with Crippen LogP contribution in [-0.4, -0.2) is 36.4 Å². The van der Waals surface area contributed by atoms with Crippen LogP contribution < -0.4 is 0 Å². The van der Waals surface area contributed by atoms with E-state index in [1.807, 2.05) is 6.07 Å². The molecule has 1 aromatic rings. The van der Waals surface area contributed by atoms with Crippen LogP contribution in [0.4, 0.5) is 0 Å². The van der Waals surface area contributed by atoms with Gasteiger partial charge in [-0.1, -0.05) is 30.3 Å². The molecule has 1 spiro atoms. The monoisotopic (exact) mass is 343 g/mol. The molecule has 136 valence electrons. The quantitative estimate of drug-likeness (QED) is 0.831. The number of ether oxygens (including phenoxy) is 2. The second-order valence-corrected chi connectivity index (χ2v) is 7.76. The number of hydrogen-bond acceptors (Lipinski definition) is 3. The van der Waals surface area contributed by atoms with Gasteiger partial charge in [-0.25, -0.2) is 0 Å². The van der Waals surface area contributed by atoms with E-state index in [4.69, 9.17) is 9.47 Å². The first-order chi connectivity index (χ1) is 12.3. The number of piperidine rings is 1. The SMILES string of the molecule is O=C(CC1CCC2(CC1)OCCO2)N1CCCCC1c1ccccc1. The van der Waals surface area contributed by atoms with E-state index in [9.17, 15) is 4.79 Å². The van der Waals surface area contributed by atoms with Gasteiger partial charge in [0.2, 0.25) is 5.91 Å². The number of hydrogen-bond donors (Lipinski definition) is 0. The van der Waals surface area contributed by atoms with E-state index in [0.29, 0.717) is 18.2 Å². The van der Waals surface area contributed by atoms with Crippen LogP contribution in [0.2, 0.25) is 0 Å². The number of carbonyl (C=O) groups excluding carboxylic acids is 1. The van der Waals surface area contributed by atoms with Gasteiger partial charge in [-0.15, -0.1) is 0 Å². The minimum atomic E-state index is -0.322. The molecule has 4 rings (SSSR count). The van der Waals surface area contributed by atoms with Crippen LogP contribution in [0.1, 0.15) is 63.0 Å². The second-order valence-electron chi connectivity index (χ2n) is 7.76. The van der Waals surface area contributed by atoms with Crippen molar-refractivity contribution in [2.24, 2.45) is 5.92 Å². The van der Waals surface area contributed by atoms with Crippen LogP contribution in [0.5, 0.6) is 0 Å². The Bertz CT molecular complexity index is 572. The molecule has 1 aliphatic carbocycles. The number of amides is 1. The minimum absolute atomic E-state index is 0.263. The highest BCUT2D eigenvalue weighted by atomic mass is 16.7. The van der Waals surface area contributed by atoms with Crippen molar-refractivity contribution in [3.05, 3.63) is 35.9 Å². The van der Waals surface area contributed by atoms with Crippen LogP contribution in [0, 0.1) is 5.92 Å². The van der Waals surface area contributed by atoms with E-state index in [1.165, 1.54) is 12.0 Å². The average molecular weight is 343 g/mol. The van der Waals surface area contributed by atoms with E-state index in [0.717, 1.165) is 58.3 Å². The van der Waals surface area contributed by atoms with Crippen LogP contribution in [-0.2, 0) is 14.3 Å². The Morgan fingerprint density at radius 1 is 1.04 bits per heavy atom. The van der Waals surface area contributed by atoms with E-state index in [-0.39, 0.29) is 11.8 Å². The number of carbonyl (C=O) groups is 1. The Morgan fingerprint density at radius 3 is 2.48 bits per heavy atom.